The van der Waals surface area contributed by atoms with Crippen LogP contribution in [-0.2, 0) is 17.9 Å². The van der Waals surface area contributed by atoms with Crippen molar-refractivity contribution >= 4 is 5.91 Å². The van der Waals surface area contributed by atoms with Crippen molar-refractivity contribution in [3.05, 3.63) is 65.5 Å². The number of benzene rings is 1. The molecule has 0 radical (unpaired) electrons. The van der Waals surface area contributed by atoms with Crippen molar-refractivity contribution in [1.29, 1.82) is 5.26 Å². The Balaban J connectivity index is 1.57. The summed E-state index contributed by atoms with van der Waals surface area (Å²) in [6.07, 6.45) is 9.10. The fourth-order valence-electron chi connectivity index (χ4n) is 5.05. The summed E-state index contributed by atoms with van der Waals surface area (Å²) in [5.74, 6) is 0.200. The van der Waals surface area contributed by atoms with Gasteiger partial charge in [0.25, 0.3) is 0 Å². The van der Waals surface area contributed by atoms with E-state index < -0.39 is 0 Å². The molecule has 0 saturated carbocycles. The zero-order valence-electron chi connectivity index (χ0n) is 18.7. The minimum Gasteiger partial charge on any atom is -0.356 e. The first-order valence-corrected chi connectivity index (χ1v) is 11.9. The second-order valence-electron chi connectivity index (χ2n) is 9.00. The third-order valence-corrected chi connectivity index (χ3v) is 6.81. The topological polar surface area (TPSA) is 72.3 Å². The number of carbonyl (C=O) groups excluding carboxylic acids is 1. The van der Waals surface area contributed by atoms with Gasteiger partial charge in [-0.3, -0.25) is 19.6 Å². The van der Waals surface area contributed by atoms with E-state index in [1.165, 1.54) is 12.0 Å². The van der Waals surface area contributed by atoms with Crippen LogP contribution in [0.4, 0.5) is 0 Å². The van der Waals surface area contributed by atoms with E-state index in [0.717, 1.165) is 76.1 Å². The molecule has 0 bridgehead atoms. The van der Waals surface area contributed by atoms with Crippen molar-refractivity contribution in [3.63, 3.8) is 0 Å². The van der Waals surface area contributed by atoms with Crippen LogP contribution in [0.25, 0.3) is 0 Å². The van der Waals surface area contributed by atoms with E-state index in [4.69, 9.17) is 0 Å². The zero-order chi connectivity index (χ0) is 22.2. The van der Waals surface area contributed by atoms with Gasteiger partial charge in [0.15, 0.2) is 0 Å². The van der Waals surface area contributed by atoms with Crippen LogP contribution in [0, 0.1) is 17.2 Å². The normalized spacial score (nSPS) is 23.4. The van der Waals surface area contributed by atoms with Gasteiger partial charge in [0.05, 0.1) is 17.6 Å². The number of amides is 1. The van der Waals surface area contributed by atoms with Crippen molar-refractivity contribution in [2.24, 2.45) is 5.92 Å². The predicted molar refractivity (Wildman–Crippen MR) is 124 cm³/mol. The maximum atomic E-state index is 13.1. The van der Waals surface area contributed by atoms with Crippen LogP contribution in [0.5, 0.6) is 0 Å². The van der Waals surface area contributed by atoms with Gasteiger partial charge in [0, 0.05) is 44.6 Å². The van der Waals surface area contributed by atoms with E-state index in [1.54, 1.807) is 0 Å². The number of nitriles is 1. The number of hydrogen-bond acceptors (Lipinski definition) is 5. The van der Waals surface area contributed by atoms with Crippen molar-refractivity contribution in [1.82, 2.24) is 20.1 Å². The first-order valence-electron chi connectivity index (χ1n) is 11.9. The summed E-state index contributed by atoms with van der Waals surface area (Å²) in [6.45, 7) is 5.07. The highest BCUT2D eigenvalue weighted by atomic mass is 16.1. The third kappa shape index (κ3) is 5.73. The standard InChI is InChI=1S/C26H33N5O/c27-17-22-7-3-4-8-23(22)19-30-16-11-24-25(20-30)31(18-21-9-13-28-14-10-21)15-6-2-1-5-12-29-26(24)32/h3-4,7-10,13-14,24-25H,1-2,5-6,11-12,15-16,18-20H2,(H,29,32)/t24-,25+/m0/s1. The SMILES string of the molecule is N#Cc1ccccc1CN1CC[C@@H]2C(=O)NCCCCCCN(Cc3ccncc3)[C@@H]2C1. The van der Waals surface area contributed by atoms with Gasteiger partial charge in [-0.05, 0) is 61.7 Å². The molecule has 2 fully saturated rings. The Labute approximate surface area is 191 Å². The number of hydrogen-bond donors (Lipinski definition) is 1. The molecule has 1 N–H and O–H groups in total. The lowest BCUT2D eigenvalue weighted by Gasteiger charge is -2.43. The third-order valence-electron chi connectivity index (χ3n) is 6.81. The summed E-state index contributed by atoms with van der Waals surface area (Å²) in [5.41, 5.74) is 3.04. The minimum absolute atomic E-state index is 0.00241. The van der Waals surface area contributed by atoms with Crippen LogP contribution in [-0.4, -0.2) is 52.9 Å². The maximum Gasteiger partial charge on any atom is 0.224 e. The highest BCUT2D eigenvalue weighted by molar-refractivity contribution is 5.79. The molecule has 2 aliphatic rings. The fraction of sp³-hybridized carbons (Fsp3) is 0.500. The van der Waals surface area contributed by atoms with Crippen molar-refractivity contribution in [2.45, 2.75) is 51.2 Å². The summed E-state index contributed by atoms with van der Waals surface area (Å²) in [6, 6.07) is 14.5. The quantitative estimate of drug-likeness (QED) is 0.804. The Morgan fingerprint density at radius 3 is 2.69 bits per heavy atom. The van der Waals surface area contributed by atoms with Crippen LogP contribution in [0.3, 0.4) is 0 Å². The number of rotatable bonds is 4. The molecule has 2 saturated heterocycles. The Kier molecular flexibility index (Phi) is 7.87. The number of nitrogens with zero attached hydrogens (tertiary/aromatic N) is 4. The van der Waals surface area contributed by atoms with Gasteiger partial charge in [-0.15, -0.1) is 0 Å². The van der Waals surface area contributed by atoms with Gasteiger partial charge in [0.1, 0.15) is 0 Å². The zero-order valence-corrected chi connectivity index (χ0v) is 18.7. The van der Waals surface area contributed by atoms with Crippen LogP contribution >= 0.6 is 0 Å². The average Bonchev–Trinajstić information content (AvgIpc) is 2.86. The average molecular weight is 432 g/mol. The Hall–Kier alpha value is -2.75. The smallest absolute Gasteiger partial charge is 0.224 e. The molecule has 4 rings (SSSR count). The first kappa shape index (κ1) is 22.4. The molecule has 0 spiro atoms. The molecule has 32 heavy (non-hydrogen) atoms. The molecule has 0 aliphatic carbocycles. The first-order chi connectivity index (χ1) is 15.7. The number of pyridine rings is 1. The largest absolute Gasteiger partial charge is 0.356 e. The lowest BCUT2D eigenvalue weighted by atomic mass is 9.88. The van der Waals surface area contributed by atoms with Crippen LogP contribution < -0.4 is 5.32 Å². The molecule has 2 aliphatic heterocycles. The summed E-state index contributed by atoms with van der Waals surface area (Å²) in [4.78, 5) is 22.2. The molecule has 0 unspecified atom stereocenters. The second kappa shape index (κ2) is 11.2. The maximum absolute atomic E-state index is 13.1. The molecule has 2 aromatic rings. The number of carbonyl (C=O) groups is 1. The number of nitrogens with one attached hydrogen (secondary N) is 1. The molecule has 3 heterocycles. The molecule has 1 amide bonds. The van der Waals surface area contributed by atoms with Gasteiger partial charge >= 0.3 is 0 Å². The molecule has 6 heteroatoms. The molecule has 6 nitrogen and oxygen atoms in total. The van der Waals surface area contributed by atoms with Gasteiger partial charge in [-0.25, -0.2) is 0 Å². The monoisotopic (exact) mass is 431 g/mol. The van der Waals surface area contributed by atoms with Crippen LogP contribution in [0.2, 0.25) is 0 Å². The molecule has 168 valence electrons. The number of aromatic nitrogens is 1. The lowest BCUT2D eigenvalue weighted by Crippen LogP contribution is -2.56. The highest BCUT2D eigenvalue weighted by Gasteiger charge is 2.37. The van der Waals surface area contributed by atoms with E-state index in [0.29, 0.717) is 0 Å². The Morgan fingerprint density at radius 2 is 1.84 bits per heavy atom. The number of piperidine rings is 1. The van der Waals surface area contributed by atoms with E-state index in [9.17, 15) is 10.1 Å². The molecular formula is C26H33N5O. The van der Waals surface area contributed by atoms with Gasteiger partial charge < -0.3 is 5.32 Å². The second-order valence-corrected chi connectivity index (χ2v) is 9.00. The van der Waals surface area contributed by atoms with Crippen molar-refractivity contribution in [3.8, 4) is 6.07 Å². The Morgan fingerprint density at radius 1 is 1.03 bits per heavy atom. The molecule has 1 aromatic carbocycles. The van der Waals surface area contributed by atoms with Crippen molar-refractivity contribution in [2.75, 3.05) is 26.2 Å². The minimum atomic E-state index is -0.00241. The van der Waals surface area contributed by atoms with E-state index in [1.807, 2.05) is 36.7 Å². The Bertz CT molecular complexity index is 925. The van der Waals surface area contributed by atoms with Crippen LogP contribution in [0.1, 0.15) is 48.8 Å². The van der Waals surface area contributed by atoms with Gasteiger partial charge in [-0.1, -0.05) is 31.0 Å². The van der Waals surface area contributed by atoms with E-state index >= 15 is 0 Å². The summed E-state index contributed by atoms with van der Waals surface area (Å²) in [7, 11) is 0. The number of likely N-dealkylation sites (tertiary alicyclic amines) is 1. The molecule has 2 atom stereocenters. The summed E-state index contributed by atoms with van der Waals surface area (Å²) in [5, 5.41) is 12.7. The number of fused-ring (bicyclic) bond motifs is 1. The summed E-state index contributed by atoms with van der Waals surface area (Å²) >= 11 is 0. The van der Waals surface area contributed by atoms with E-state index in [-0.39, 0.29) is 17.9 Å². The summed E-state index contributed by atoms with van der Waals surface area (Å²) < 4.78 is 0. The fourth-order valence-corrected chi connectivity index (χ4v) is 5.05. The predicted octanol–water partition coefficient (Wildman–Crippen LogP) is 3.34. The molecular weight excluding hydrogens is 398 g/mol. The van der Waals surface area contributed by atoms with Crippen LogP contribution in [0.15, 0.2) is 48.8 Å². The van der Waals surface area contributed by atoms with E-state index in [2.05, 4.69) is 38.3 Å². The van der Waals surface area contributed by atoms with Gasteiger partial charge in [-0.2, -0.15) is 5.26 Å². The lowest BCUT2D eigenvalue weighted by molar-refractivity contribution is -0.129. The molecule has 1 aromatic heterocycles. The van der Waals surface area contributed by atoms with Crippen molar-refractivity contribution < 1.29 is 4.79 Å². The van der Waals surface area contributed by atoms with Gasteiger partial charge in [0.2, 0.25) is 5.91 Å². The highest BCUT2D eigenvalue weighted by Crippen LogP contribution is 2.27.